The summed E-state index contributed by atoms with van der Waals surface area (Å²) in [6, 6.07) is 7.08. The molecule has 2 fully saturated rings. The van der Waals surface area contributed by atoms with Crippen molar-refractivity contribution in [3.8, 4) is 0 Å². The van der Waals surface area contributed by atoms with E-state index >= 15 is 0 Å². The van der Waals surface area contributed by atoms with Crippen LogP contribution in [0, 0.1) is 10.1 Å². The summed E-state index contributed by atoms with van der Waals surface area (Å²) in [7, 11) is 0. The molecule has 162 valence electrons. The molecular formula is C20H32IN5O3. The van der Waals surface area contributed by atoms with Crippen molar-refractivity contribution in [1.29, 1.82) is 0 Å². The fraction of sp³-hybridized carbons (Fsp3) is 0.650. The maximum atomic E-state index is 10.8. The number of rotatable bonds is 7. The third-order valence-corrected chi connectivity index (χ3v) is 5.34. The van der Waals surface area contributed by atoms with Gasteiger partial charge in [-0.25, -0.2) is 4.99 Å². The number of nitrogens with zero attached hydrogens (tertiary/aromatic N) is 3. The quantitative estimate of drug-likeness (QED) is 0.190. The maximum Gasteiger partial charge on any atom is 0.269 e. The average Bonchev–Trinajstić information content (AvgIpc) is 2.73. The molecule has 2 N–H and O–H groups in total. The fourth-order valence-electron chi connectivity index (χ4n) is 3.64. The Morgan fingerprint density at radius 2 is 1.86 bits per heavy atom. The van der Waals surface area contributed by atoms with E-state index in [9.17, 15) is 10.1 Å². The Balaban J connectivity index is 0.00000300. The molecule has 0 bridgehead atoms. The highest BCUT2D eigenvalue weighted by Gasteiger charge is 2.15. The lowest BCUT2D eigenvalue weighted by Crippen LogP contribution is -2.47. The second-order valence-corrected chi connectivity index (χ2v) is 7.45. The number of morpholine rings is 1. The molecule has 9 heteroatoms. The lowest BCUT2D eigenvalue weighted by Gasteiger charge is -2.28. The monoisotopic (exact) mass is 517 g/mol. The Kier molecular flexibility index (Phi) is 10.6. The largest absolute Gasteiger partial charge is 0.379 e. The summed E-state index contributed by atoms with van der Waals surface area (Å²) in [6.45, 7) is 5.87. The summed E-state index contributed by atoms with van der Waals surface area (Å²) in [5.41, 5.74) is 1.07. The zero-order valence-corrected chi connectivity index (χ0v) is 19.2. The first-order valence-electron chi connectivity index (χ1n) is 10.3. The van der Waals surface area contributed by atoms with Gasteiger partial charge in [-0.2, -0.15) is 0 Å². The SMILES string of the molecule is I.O=[N+]([O-])c1ccc(CN=C(NCCN2CCOCC2)NC2CCCCC2)cc1. The molecule has 1 aliphatic heterocycles. The van der Waals surface area contributed by atoms with Gasteiger partial charge in [-0.1, -0.05) is 31.4 Å². The Bertz CT molecular complexity index is 644. The predicted octanol–water partition coefficient (Wildman–Crippen LogP) is 2.91. The molecule has 2 aliphatic rings. The second-order valence-electron chi connectivity index (χ2n) is 7.45. The molecule has 1 saturated heterocycles. The smallest absolute Gasteiger partial charge is 0.269 e. The van der Waals surface area contributed by atoms with Gasteiger partial charge in [0.1, 0.15) is 0 Å². The van der Waals surface area contributed by atoms with Crippen LogP contribution < -0.4 is 10.6 Å². The van der Waals surface area contributed by atoms with E-state index in [2.05, 4.69) is 15.5 Å². The Hall–Kier alpha value is -1.46. The summed E-state index contributed by atoms with van der Waals surface area (Å²) in [4.78, 5) is 17.5. The van der Waals surface area contributed by atoms with Crippen molar-refractivity contribution in [2.45, 2.75) is 44.7 Å². The van der Waals surface area contributed by atoms with Crippen LogP contribution in [0.4, 0.5) is 5.69 Å². The van der Waals surface area contributed by atoms with Crippen LogP contribution >= 0.6 is 24.0 Å². The van der Waals surface area contributed by atoms with Crippen LogP contribution in [0.5, 0.6) is 0 Å². The molecule has 1 aromatic carbocycles. The first-order valence-corrected chi connectivity index (χ1v) is 10.3. The number of hydrogen-bond acceptors (Lipinski definition) is 5. The number of nitro groups is 1. The van der Waals surface area contributed by atoms with Crippen LogP contribution in [0.3, 0.4) is 0 Å². The zero-order valence-electron chi connectivity index (χ0n) is 16.8. The summed E-state index contributed by atoms with van der Waals surface area (Å²) in [6.07, 6.45) is 6.21. The van der Waals surface area contributed by atoms with Gasteiger partial charge in [-0.3, -0.25) is 15.0 Å². The van der Waals surface area contributed by atoms with Crippen molar-refractivity contribution in [3.63, 3.8) is 0 Å². The number of non-ortho nitro benzene ring substituents is 1. The van der Waals surface area contributed by atoms with Crippen molar-refractivity contribution < 1.29 is 9.66 Å². The number of ether oxygens (including phenoxy) is 1. The minimum atomic E-state index is -0.379. The lowest BCUT2D eigenvalue weighted by molar-refractivity contribution is -0.384. The van der Waals surface area contributed by atoms with E-state index < -0.39 is 0 Å². The van der Waals surface area contributed by atoms with Gasteiger partial charge in [-0.05, 0) is 18.4 Å². The number of nitrogens with one attached hydrogen (secondary N) is 2. The van der Waals surface area contributed by atoms with E-state index in [1.54, 1.807) is 12.1 Å². The predicted molar refractivity (Wildman–Crippen MR) is 125 cm³/mol. The highest BCUT2D eigenvalue weighted by Crippen LogP contribution is 2.17. The summed E-state index contributed by atoms with van der Waals surface area (Å²) in [5, 5.41) is 17.8. The van der Waals surface area contributed by atoms with E-state index in [1.807, 2.05) is 0 Å². The molecule has 1 aromatic rings. The molecule has 0 atom stereocenters. The van der Waals surface area contributed by atoms with E-state index in [1.165, 1.54) is 44.2 Å². The average molecular weight is 517 g/mol. The van der Waals surface area contributed by atoms with Crippen molar-refractivity contribution in [2.24, 2.45) is 4.99 Å². The van der Waals surface area contributed by atoms with Gasteiger partial charge in [0.15, 0.2) is 5.96 Å². The third-order valence-electron chi connectivity index (χ3n) is 5.34. The van der Waals surface area contributed by atoms with Gasteiger partial charge in [0.25, 0.3) is 5.69 Å². The third kappa shape index (κ3) is 8.43. The number of nitro benzene ring substituents is 1. The molecule has 0 spiro atoms. The van der Waals surface area contributed by atoms with Gasteiger partial charge in [0, 0.05) is 44.4 Å². The standard InChI is InChI=1S/C20H31N5O3.HI/c26-25(27)19-8-6-17(7-9-19)16-22-20(23-18-4-2-1-3-5-18)21-10-11-24-12-14-28-15-13-24;/h6-9,18H,1-5,10-16H2,(H2,21,22,23);1H. The zero-order chi connectivity index (χ0) is 19.6. The maximum absolute atomic E-state index is 10.8. The van der Waals surface area contributed by atoms with Crippen molar-refractivity contribution in [2.75, 3.05) is 39.4 Å². The van der Waals surface area contributed by atoms with E-state index in [4.69, 9.17) is 9.73 Å². The van der Waals surface area contributed by atoms with Crippen LogP contribution in [0.2, 0.25) is 0 Å². The minimum Gasteiger partial charge on any atom is -0.379 e. The van der Waals surface area contributed by atoms with Crippen molar-refractivity contribution in [3.05, 3.63) is 39.9 Å². The number of benzene rings is 1. The second kappa shape index (κ2) is 13.0. The van der Waals surface area contributed by atoms with Gasteiger partial charge < -0.3 is 15.4 Å². The normalized spacial score (nSPS) is 18.7. The molecule has 0 radical (unpaired) electrons. The highest BCUT2D eigenvalue weighted by molar-refractivity contribution is 14.0. The topological polar surface area (TPSA) is 92.0 Å². The van der Waals surface area contributed by atoms with Crippen LogP contribution in [0.25, 0.3) is 0 Å². The Labute approximate surface area is 189 Å². The number of hydrogen-bond donors (Lipinski definition) is 2. The molecule has 1 aliphatic carbocycles. The van der Waals surface area contributed by atoms with Crippen molar-refractivity contribution >= 4 is 35.6 Å². The van der Waals surface area contributed by atoms with Crippen LogP contribution in [-0.2, 0) is 11.3 Å². The minimum absolute atomic E-state index is 0. The fourth-order valence-corrected chi connectivity index (χ4v) is 3.64. The summed E-state index contributed by atoms with van der Waals surface area (Å²) in [5.74, 6) is 0.832. The van der Waals surface area contributed by atoms with Crippen LogP contribution in [0.1, 0.15) is 37.7 Å². The number of halogens is 1. The lowest BCUT2D eigenvalue weighted by atomic mass is 9.96. The number of aliphatic imine (C=N–C) groups is 1. The molecule has 29 heavy (non-hydrogen) atoms. The van der Waals surface area contributed by atoms with E-state index in [0.29, 0.717) is 12.6 Å². The first-order chi connectivity index (χ1) is 13.7. The van der Waals surface area contributed by atoms with Gasteiger partial charge in [-0.15, -0.1) is 24.0 Å². The first kappa shape index (κ1) is 23.8. The van der Waals surface area contributed by atoms with E-state index in [-0.39, 0.29) is 34.6 Å². The Morgan fingerprint density at radius 3 is 2.52 bits per heavy atom. The summed E-state index contributed by atoms with van der Waals surface area (Å²) < 4.78 is 5.40. The molecule has 8 nitrogen and oxygen atoms in total. The van der Waals surface area contributed by atoms with Crippen LogP contribution in [-0.4, -0.2) is 61.2 Å². The molecule has 0 aromatic heterocycles. The molecular weight excluding hydrogens is 485 g/mol. The van der Waals surface area contributed by atoms with Crippen molar-refractivity contribution in [1.82, 2.24) is 15.5 Å². The molecule has 0 amide bonds. The van der Waals surface area contributed by atoms with Gasteiger partial charge >= 0.3 is 0 Å². The molecule has 0 unspecified atom stereocenters. The summed E-state index contributed by atoms with van der Waals surface area (Å²) >= 11 is 0. The molecule has 1 saturated carbocycles. The van der Waals surface area contributed by atoms with Gasteiger partial charge in [0.2, 0.25) is 0 Å². The van der Waals surface area contributed by atoms with E-state index in [0.717, 1.165) is 50.9 Å². The molecule has 3 rings (SSSR count). The van der Waals surface area contributed by atoms with Gasteiger partial charge in [0.05, 0.1) is 24.7 Å². The highest BCUT2D eigenvalue weighted by atomic mass is 127. The molecule has 1 heterocycles. The Morgan fingerprint density at radius 1 is 1.17 bits per heavy atom. The van der Waals surface area contributed by atoms with Crippen LogP contribution in [0.15, 0.2) is 29.3 Å². The number of guanidine groups is 1.